The van der Waals surface area contributed by atoms with Crippen LogP contribution in [-0.4, -0.2) is 46.1 Å². The monoisotopic (exact) mass is 291 g/mol. The molecule has 0 radical (unpaired) electrons. The molecule has 1 amide bonds. The van der Waals surface area contributed by atoms with Crippen LogP contribution in [-0.2, 0) is 11.3 Å². The maximum absolute atomic E-state index is 11.8. The number of rotatable bonds is 4. The Balaban J connectivity index is 1.89. The van der Waals surface area contributed by atoms with Crippen molar-refractivity contribution in [2.45, 2.75) is 45.4 Å². The maximum Gasteiger partial charge on any atom is 0.222 e. The third-order valence-corrected chi connectivity index (χ3v) is 3.97. The van der Waals surface area contributed by atoms with E-state index in [4.69, 9.17) is 0 Å². The molecule has 0 saturated carbocycles. The second-order valence-corrected chi connectivity index (χ2v) is 6.05. The number of carbonyl (C=O) groups is 1. The van der Waals surface area contributed by atoms with Gasteiger partial charge in [-0.25, -0.2) is 0 Å². The van der Waals surface area contributed by atoms with Gasteiger partial charge in [0.15, 0.2) is 0 Å². The zero-order valence-corrected chi connectivity index (χ0v) is 12.8. The Bertz CT molecular complexity index is 450. The molecule has 116 valence electrons. The number of aliphatic hydroxyl groups excluding tert-OH is 1. The standard InChI is InChI=1S/C16H25N3O2/c1-12(2)16(21)18-14-5-9-19(10-6-15(14)20)11-13-3-7-17-8-4-13/h3-4,7-8,12,14-15,20H,5-6,9-11H2,1-2H3,(H,18,21)/t14-,15-/m0/s1. The van der Waals surface area contributed by atoms with Crippen molar-refractivity contribution in [1.29, 1.82) is 0 Å². The fourth-order valence-corrected chi connectivity index (χ4v) is 2.56. The summed E-state index contributed by atoms with van der Waals surface area (Å²) in [7, 11) is 0. The number of aromatic nitrogens is 1. The quantitative estimate of drug-likeness (QED) is 0.874. The van der Waals surface area contributed by atoms with E-state index < -0.39 is 6.10 Å². The van der Waals surface area contributed by atoms with Gasteiger partial charge in [0.2, 0.25) is 5.91 Å². The first kappa shape index (κ1) is 15.9. The fourth-order valence-electron chi connectivity index (χ4n) is 2.56. The normalized spacial score (nSPS) is 23.8. The Labute approximate surface area is 126 Å². The van der Waals surface area contributed by atoms with Crippen LogP contribution in [0.5, 0.6) is 0 Å². The average molecular weight is 291 g/mol. The van der Waals surface area contributed by atoms with Crippen molar-refractivity contribution < 1.29 is 9.90 Å². The van der Waals surface area contributed by atoms with Crippen LogP contribution in [0.25, 0.3) is 0 Å². The summed E-state index contributed by atoms with van der Waals surface area (Å²) in [6, 6.07) is 3.89. The molecule has 0 unspecified atom stereocenters. The predicted octanol–water partition coefficient (Wildman–Crippen LogP) is 1.18. The molecular weight excluding hydrogens is 266 g/mol. The fraction of sp³-hybridized carbons (Fsp3) is 0.625. The van der Waals surface area contributed by atoms with Crippen molar-refractivity contribution >= 4 is 5.91 Å². The van der Waals surface area contributed by atoms with Gasteiger partial charge in [0.05, 0.1) is 12.1 Å². The molecule has 1 aliphatic rings. The minimum absolute atomic E-state index is 0.0154. The Kier molecular flexibility index (Phi) is 5.70. The number of likely N-dealkylation sites (tertiary alicyclic amines) is 1. The van der Waals surface area contributed by atoms with Gasteiger partial charge in [-0.2, -0.15) is 0 Å². The summed E-state index contributed by atoms with van der Waals surface area (Å²) in [4.78, 5) is 18.1. The minimum Gasteiger partial charge on any atom is -0.391 e. The van der Waals surface area contributed by atoms with Gasteiger partial charge in [-0.15, -0.1) is 0 Å². The minimum atomic E-state index is -0.463. The number of aliphatic hydroxyl groups is 1. The molecule has 5 nitrogen and oxygen atoms in total. The SMILES string of the molecule is CC(C)C(=O)N[C@H]1CCN(Cc2ccncc2)CC[C@@H]1O. The van der Waals surface area contributed by atoms with Crippen LogP contribution in [0.4, 0.5) is 0 Å². The van der Waals surface area contributed by atoms with Gasteiger partial charge >= 0.3 is 0 Å². The highest BCUT2D eigenvalue weighted by atomic mass is 16.3. The Morgan fingerprint density at radius 3 is 2.71 bits per heavy atom. The lowest BCUT2D eigenvalue weighted by molar-refractivity contribution is -0.125. The van der Waals surface area contributed by atoms with Crippen LogP contribution in [0.2, 0.25) is 0 Å². The molecule has 21 heavy (non-hydrogen) atoms. The van der Waals surface area contributed by atoms with Gasteiger partial charge in [0.1, 0.15) is 0 Å². The topological polar surface area (TPSA) is 65.5 Å². The summed E-state index contributed by atoms with van der Waals surface area (Å²) in [6.07, 6.45) is 4.61. The molecule has 0 spiro atoms. The molecule has 1 fully saturated rings. The number of hydrogen-bond donors (Lipinski definition) is 2. The molecule has 1 saturated heterocycles. The van der Waals surface area contributed by atoms with Crippen LogP contribution >= 0.6 is 0 Å². The highest BCUT2D eigenvalue weighted by molar-refractivity contribution is 5.78. The van der Waals surface area contributed by atoms with Crippen LogP contribution in [0.3, 0.4) is 0 Å². The van der Waals surface area contributed by atoms with Gasteiger partial charge < -0.3 is 10.4 Å². The molecule has 1 aromatic heterocycles. The molecule has 0 aromatic carbocycles. The zero-order chi connectivity index (χ0) is 15.2. The van der Waals surface area contributed by atoms with Crippen molar-refractivity contribution in [1.82, 2.24) is 15.2 Å². The molecule has 2 N–H and O–H groups in total. The van der Waals surface area contributed by atoms with Crippen LogP contribution < -0.4 is 5.32 Å². The lowest BCUT2D eigenvalue weighted by atomic mass is 10.1. The molecule has 2 heterocycles. The predicted molar refractivity (Wildman–Crippen MR) is 81.5 cm³/mol. The van der Waals surface area contributed by atoms with E-state index in [0.717, 1.165) is 26.1 Å². The Morgan fingerprint density at radius 1 is 1.38 bits per heavy atom. The number of nitrogens with zero attached hydrogens (tertiary/aromatic N) is 2. The van der Waals surface area contributed by atoms with Gasteiger partial charge in [0.25, 0.3) is 0 Å². The Hall–Kier alpha value is -1.46. The number of hydrogen-bond acceptors (Lipinski definition) is 4. The number of nitrogens with one attached hydrogen (secondary N) is 1. The first-order chi connectivity index (χ1) is 10.1. The van der Waals surface area contributed by atoms with E-state index in [1.807, 2.05) is 26.0 Å². The zero-order valence-electron chi connectivity index (χ0n) is 12.8. The smallest absolute Gasteiger partial charge is 0.222 e. The van der Waals surface area contributed by atoms with E-state index in [2.05, 4.69) is 15.2 Å². The van der Waals surface area contributed by atoms with Crippen molar-refractivity contribution in [2.75, 3.05) is 13.1 Å². The summed E-state index contributed by atoms with van der Waals surface area (Å²) in [5, 5.41) is 13.2. The van der Waals surface area contributed by atoms with Crippen LogP contribution in [0, 0.1) is 5.92 Å². The molecule has 5 heteroatoms. The maximum atomic E-state index is 11.8. The van der Waals surface area contributed by atoms with E-state index in [1.54, 1.807) is 12.4 Å². The number of pyridine rings is 1. The third kappa shape index (κ3) is 4.79. The molecular formula is C16H25N3O2. The van der Waals surface area contributed by atoms with E-state index in [0.29, 0.717) is 6.42 Å². The third-order valence-electron chi connectivity index (χ3n) is 3.97. The largest absolute Gasteiger partial charge is 0.391 e. The lowest BCUT2D eigenvalue weighted by Crippen LogP contribution is -2.44. The van der Waals surface area contributed by atoms with Crippen molar-refractivity contribution in [3.63, 3.8) is 0 Å². The van der Waals surface area contributed by atoms with E-state index in [9.17, 15) is 9.90 Å². The van der Waals surface area contributed by atoms with Gasteiger partial charge in [-0.3, -0.25) is 14.7 Å². The summed E-state index contributed by atoms with van der Waals surface area (Å²) < 4.78 is 0. The van der Waals surface area contributed by atoms with E-state index in [1.165, 1.54) is 5.56 Å². The molecule has 2 atom stereocenters. The van der Waals surface area contributed by atoms with E-state index in [-0.39, 0.29) is 17.9 Å². The van der Waals surface area contributed by atoms with Crippen LogP contribution in [0.1, 0.15) is 32.3 Å². The Morgan fingerprint density at radius 2 is 2.05 bits per heavy atom. The number of amides is 1. The van der Waals surface area contributed by atoms with Gasteiger partial charge in [-0.05, 0) is 30.5 Å². The highest BCUT2D eigenvalue weighted by Crippen LogP contribution is 2.15. The first-order valence-electron chi connectivity index (χ1n) is 7.66. The highest BCUT2D eigenvalue weighted by Gasteiger charge is 2.26. The molecule has 1 aromatic rings. The number of carbonyl (C=O) groups excluding carboxylic acids is 1. The average Bonchev–Trinajstić information content (AvgIpc) is 2.64. The van der Waals surface area contributed by atoms with Crippen molar-refractivity contribution in [3.05, 3.63) is 30.1 Å². The molecule has 2 rings (SSSR count). The van der Waals surface area contributed by atoms with Crippen molar-refractivity contribution in [2.24, 2.45) is 5.92 Å². The summed E-state index contributed by atoms with van der Waals surface area (Å²) in [5.74, 6) is -0.0324. The molecule has 0 bridgehead atoms. The summed E-state index contributed by atoms with van der Waals surface area (Å²) >= 11 is 0. The van der Waals surface area contributed by atoms with Crippen molar-refractivity contribution in [3.8, 4) is 0 Å². The van der Waals surface area contributed by atoms with Crippen LogP contribution in [0.15, 0.2) is 24.5 Å². The first-order valence-corrected chi connectivity index (χ1v) is 7.66. The molecule has 1 aliphatic heterocycles. The summed E-state index contributed by atoms with van der Waals surface area (Å²) in [5.41, 5.74) is 1.23. The second-order valence-electron chi connectivity index (χ2n) is 6.05. The second kappa shape index (κ2) is 7.52. The van der Waals surface area contributed by atoms with Gasteiger partial charge in [-0.1, -0.05) is 13.8 Å². The lowest BCUT2D eigenvalue weighted by Gasteiger charge is -2.22. The molecule has 0 aliphatic carbocycles. The summed E-state index contributed by atoms with van der Waals surface area (Å²) in [6.45, 7) is 6.32. The van der Waals surface area contributed by atoms with Gasteiger partial charge in [0, 0.05) is 37.9 Å². The van der Waals surface area contributed by atoms with E-state index >= 15 is 0 Å².